The first kappa shape index (κ1) is 25.4. The molecule has 2 aromatic carbocycles. The van der Waals surface area contributed by atoms with E-state index in [-0.39, 0.29) is 16.9 Å². The Bertz CT molecular complexity index is 1550. The number of hydrogen-bond acceptors (Lipinski definition) is 5. The van der Waals surface area contributed by atoms with E-state index in [1.165, 1.54) is 28.9 Å². The summed E-state index contributed by atoms with van der Waals surface area (Å²) in [7, 11) is 1.43. The highest BCUT2D eigenvalue weighted by Gasteiger charge is 2.42. The van der Waals surface area contributed by atoms with Crippen molar-refractivity contribution >= 4 is 0 Å². The zero-order chi connectivity index (χ0) is 27.0. The molecule has 1 spiro atoms. The van der Waals surface area contributed by atoms with E-state index in [1.807, 2.05) is 42.7 Å². The normalized spacial score (nSPS) is 17.2. The van der Waals surface area contributed by atoms with Crippen LogP contribution in [-0.2, 0) is 23.5 Å². The fourth-order valence-electron chi connectivity index (χ4n) is 5.85. The minimum Gasteiger partial charge on any atom is -0.491 e. The van der Waals surface area contributed by atoms with E-state index in [0.29, 0.717) is 12.2 Å². The Morgan fingerprint density at radius 1 is 1.03 bits per heavy atom. The number of likely N-dealkylation sites (tertiary alicyclic amines) is 1. The van der Waals surface area contributed by atoms with Gasteiger partial charge in [-0.05, 0) is 65.4 Å². The highest BCUT2D eigenvalue weighted by molar-refractivity contribution is 5.37. The van der Waals surface area contributed by atoms with E-state index in [0.717, 1.165) is 55.7 Å². The predicted molar refractivity (Wildman–Crippen MR) is 143 cm³/mol. The number of nitrogens with zero attached hydrogens (tertiary/aromatic N) is 3. The molecule has 2 aromatic heterocycles. The Balaban J connectivity index is 1.23. The third kappa shape index (κ3) is 4.75. The molecule has 1 atom stereocenters. The molecule has 0 amide bonds. The number of rotatable bonds is 6. The average Bonchev–Trinajstić information content (AvgIpc) is 3.32. The van der Waals surface area contributed by atoms with Crippen LogP contribution in [-0.4, -0.2) is 34.7 Å². The molecular weight excluding hydrogens is 500 g/mol. The molecule has 0 radical (unpaired) electrons. The van der Waals surface area contributed by atoms with Crippen LogP contribution in [0.5, 0.6) is 5.75 Å². The zero-order valence-corrected chi connectivity index (χ0v) is 21.6. The lowest BCUT2D eigenvalue weighted by molar-refractivity contribution is -0.0800. The molecule has 4 heterocycles. The van der Waals surface area contributed by atoms with E-state index in [2.05, 4.69) is 9.88 Å². The van der Waals surface area contributed by atoms with Crippen LogP contribution in [0.15, 0.2) is 84.0 Å². The Labute approximate surface area is 225 Å². The van der Waals surface area contributed by atoms with Gasteiger partial charge in [-0.3, -0.25) is 14.7 Å². The first-order chi connectivity index (χ1) is 19.0. The summed E-state index contributed by atoms with van der Waals surface area (Å²) < 4.78 is 40.9. The van der Waals surface area contributed by atoms with Gasteiger partial charge in [0, 0.05) is 43.8 Å². The molecule has 1 unspecified atom stereocenters. The van der Waals surface area contributed by atoms with Gasteiger partial charge in [0.05, 0.1) is 25.4 Å². The van der Waals surface area contributed by atoms with Crippen molar-refractivity contribution in [2.75, 3.05) is 20.2 Å². The van der Waals surface area contributed by atoms with Crippen LogP contribution in [0.3, 0.4) is 0 Å². The monoisotopic (exact) mass is 529 g/mol. The molecule has 200 valence electrons. The molecule has 4 aromatic rings. The van der Waals surface area contributed by atoms with Gasteiger partial charge in [-0.1, -0.05) is 30.3 Å². The Morgan fingerprint density at radius 3 is 2.54 bits per heavy atom. The lowest BCUT2D eigenvalue weighted by Gasteiger charge is -2.39. The van der Waals surface area contributed by atoms with Crippen LogP contribution in [0.25, 0.3) is 0 Å². The maximum absolute atomic E-state index is 14.2. The third-order valence-corrected chi connectivity index (χ3v) is 7.97. The molecule has 1 fully saturated rings. The molecule has 0 saturated carbocycles. The Hall–Kier alpha value is -3.88. The first-order valence-corrected chi connectivity index (χ1v) is 13.1. The molecule has 0 bridgehead atoms. The number of halogens is 2. The van der Waals surface area contributed by atoms with Crippen LogP contribution >= 0.6 is 0 Å². The molecule has 6 nitrogen and oxygen atoms in total. The van der Waals surface area contributed by atoms with E-state index < -0.39 is 17.7 Å². The SMILES string of the molecule is COc1cccn(C(c2ccc(CN3CCC4(CC3)OCc3ccncc34)cc2)c2ccc(F)c(F)c2)c1=O. The van der Waals surface area contributed by atoms with Crippen molar-refractivity contribution < 1.29 is 18.3 Å². The molecule has 1 saturated heterocycles. The van der Waals surface area contributed by atoms with Crippen molar-refractivity contribution in [1.82, 2.24) is 14.5 Å². The van der Waals surface area contributed by atoms with E-state index in [4.69, 9.17) is 9.47 Å². The minimum atomic E-state index is -0.961. The Kier molecular flexibility index (Phi) is 6.74. The summed E-state index contributed by atoms with van der Waals surface area (Å²) in [6.07, 6.45) is 7.24. The number of ether oxygens (including phenoxy) is 2. The maximum atomic E-state index is 14.2. The molecule has 2 aliphatic rings. The van der Waals surface area contributed by atoms with Crippen LogP contribution < -0.4 is 10.3 Å². The van der Waals surface area contributed by atoms with Crippen molar-refractivity contribution in [2.45, 2.75) is 37.6 Å². The second kappa shape index (κ2) is 10.4. The number of hydrogen-bond donors (Lipinski definition) is 0. The lowest BCUT2D eigenvalue weighted by atomic mass is 9.84. The fraction of sp³-hybridized carbons (Fsp3) is 0.290. The van der Waals surface area contributed by atoms with Gasteiger partial charge in [0.1, 0.15) is 0 Å². The van der Waals surface area contributed by atoms with Crippen molar-refractivity contribution in [3.8, 4) is 5.75 Å². The summed E-state index contributed by atoms with van der Waals surface area (Å²) in [6.45, 7) is 3.25. The molecule has 6 rings (SSSR count). The smallest absolute Gasteiger partial charge is 0.293 e. The van der Waals surface area contributed by atoms with Gasteiger partial charge in [-0.15, -0.1) is 0 Å². The lowest BCUT2D eigenvalue weighted by Crippen LogP contribution is -2.42. The van der Waals surface area contributed by atoms with Gasteiger partial charge >= 0.3 is 0 Å². The topological polar surface area (TPSA) is 56.6 Å². The summed E-state index contributed by atoms with van der Waals surface area (Å²) in [6, 6.07) is 16.4. The molecule has 0 aliphatic carbocycles. The van der Waals surface area contributed by atoms with Gasteiger partial charge in [-0.25, -0.2) is 8.78 Å². The van der Waals surface area contributed by atoms with Crippen LogP contribution in [0.2, 0.25) is 0 Å². The van der Waals surface area contributed by atoms with Crippen molar-refractivity contribution in [1.29, 1.82) is 0 Å². The summed E-state index contributed by atoms with van der Waals surface area (Å²) >= 11 is 0. The van der Waals surface area contributed by atoms with Gasteiger partial charge < -0.3 is 14.0 Å². The van der Waals surface area contributed by atoms with E-state index in [1.54, 1.807) is 18.3 Å². The average molecular weight is 530 g/mol. The quantitative estimate of drug-likeness (QED) is 0.344. The number of fused-ring (bicyclic) bond motifs is 2. The van der Waals surface area contributed by atoms with Gasteiger partial charge in [0.25, 0.3) is 5.56 Å². The van der Waals surface area contributed by atoms with Gasteiger partial charge in [0.2, 0.25) is 0 Å². The van der Waals surface area contributed by atoms with Gasteiger partial charge in [0.15, 0.2) is 17.4 Å². The fourth-order valence-corrected chi connectivity index (χ4v) is 5.85. The number of aromatic nitrogens is 2. The maximum Gasteiger partial charge on any atom is 0.293 e. The molecule has 2 aliphatic heterocycles. The summed E-state index contributed by atoms with van der Waals surface area (Å²) in [4.78, 5) is 19.8. The Morgan fingerprint density at radius 2 is 1.79 bits per heavy atom. The van der Waals surface area contributed by atoms with Crippen molar-refractivity contribution in [3.05, 3.63) is 129 Å². The third-order valence-electron chi connectivity index (χ3n) is 7.97. The number of pyridine rings is 2. The largest absolute Gasteiger partial charge is 0.491 e. The predicted octanol–water partition coefficient (Wildman–Crippen LogP) is 5.19. The number of benzene rings is 2. The summed E-state index contributed by atoms with van der Waals surface area (Å²) in [5.41, 5.74) is 4.25. The highest BCUT2D eigenvalue weighted by atomic mass is 19.2. The second-order valence-electron chi connectivity index (χ2n) is 10.2. The van der Waals surface area contributed by atoms with E-state index in [9.17, 15) is 13.6 Å². The van der Waals surface area contributed by atoms with Crippen LogP contribution in [0.4, 0.5) is 8.78 Å². The standard InChI is InChI=1S/C31H29F2N3O3/c1-38-28-3-2-14-36(30(28)37)29(23-8-9-26(32)27(33)17-23)22-6-4-21(5-7-22)19-35-15-11-31(12-16-35)25-18-34-13-10-24(25)20-39-31/h2-10,13-14,17-18,29H,11-12,15-16,19-20H2,1H3. The summed E-state index contributed by atoms with van der Waals surface area (Å²) in [5, 5.41) is 0. The molecule has 0 N–H and O–H groups in total. The van der Waals surface area contributed by atoms with Crippen molar-refractivity contribution in [3.63, 3.8) is 0 Å². The molecule has 8 heteroatoms. The van der Waals surface area contributed by atoms with Gasteiger partial charge in [-0.2, -0.15) is 0 Å². The second-order valence-corrected chi connectivity index (χ2v) is 10.2. The van der Waals surface area contributed by atoms with E-state index >= 15 is 0 Å². The van der Waals surface area contributed by atoms with Crippen LogP contribution in [0, 0.1) is 11.6 Å². The first-order valence-electron chi connectivity index (χ1n) is 13.1. The molecule has 39 heavy (non-hydrogen) atoms. The highest BCUT2D eigenvalue weighted by Crippen LogP contribution is 2.43. The number of piperidine rings is 1. The minimum absolute atomic E-state index is 0.175. The zero-order valence-electron chi connectivity index (χ0n) is 21.6. The van der Waals surface area contributed by atoms with Crippen molar-refractivity contribution in [2.24, 2.45) is 0 Å². The van der Waals surface area contributed by atoms with Crippen LogP contribution in [0.1, 0.15) is 46.7 Å². The molecular formula is C31H29F2N3O3. The summed E-state index contributed by atoms with van der Waals surface area (Å²) in [5.74, 6) is -1.72. The number of methoxy groups -OCH3 is 1.